The Kier molecular flexibility index (Phi) is 2.79. The third-order valence-electron chi connectivity index (χ3n) is 2.93. The Hall–Kier alpha value is -2.96. The van der Waals surface area contributed by atoms with Crippen molar-refractivity contribution in [3.8, 4) is 11.3 Å². The largest absolute Gasteiger partial charge is 0.438 e. The molecule has 0 amide bonds. The number of furan rings is 1. The highest BCUT2D eigenvalue weighted by Crippen LogP contribution is 2.30. The predicted molar refractivity (Wildman–Crippen MR) is 73.4 cm³/mol. The van der Waals surface area contributed by atoms with E-state index in [-0.39, 0.29) is 5.69 Å². The summed E-state index contributed by atoms with van der Waals surface area (Å²) in [5.74, 6) is 1.26. The molecule has 0 aliphatic heterocycles. The Morgan fingerprint density at radius 1 is 1.25 bits per heavy atom. The molecule has 1 N–H and O–H groups in total. The van der Waals surface area contributed by atoms with E-state index in [1.165, 1.54) is 18.5 Å². The molecule has 3 aromatic rings. The van der Waals surface area contributed by atoms with E-state index in [9.17, 15) is 10.1 Å². The summed E-state index contributed by atoms with van der Waals surface area (Å²) in [5.41, 5.74) is 1.26. The molecule has 7 nitrogen and oxygen atoms in total. The van der Waals surface area contributed by atoms with Crippen molar-refractivity contribution in [2.45, 2.75) is 0 Å². The molecule has 0 atom stereocenters. The average Bonchev–Trinajstić information content (AvgIpc) is 2.91. The lowest BCUT2D eigenvalue weighted by Crippen LogP contribution is -1.92. The van der Waals surface area contributed by atoms with Gasteiger partial charge in [-0.05, 0) is 18.2 Å². The minimum absolute atomic E-state index is 0.0422. The number of hydrogen-bond donors (Lipinski definition) is 1. The maximum atomic E-state index is 10.6. The van der Waals surface area contributed by atoms with E-state index in [1.807, 2.05) is 6.07 Å². The van der Waals surface area contributed by atoms with Gasteiger partial charge in [0.05, 0.1) is 10.3 Å². The fraction of sp³-hybridized carbons (Fsp3) is 0.0769. The van der Waals surface area contributed by atoms with Crippen LogP contribution in [0.3, 0.4) is 0 Å². The summed E-state index contributed by atoms with van der Waals surface area (Å²) in [6.07, 6.45) is 1.41. The molecule has 0 aliphatic rings. The van der Waals surface area contributed by atoms with Crippen LogP contribution >= 0.6 is 0 Å². The number of nitro benzene ring substituents is 1. The van der Waals surface area contributed by atoms with Crippen LogP contribution < -0.4 is 5.32 Å². The maximum Gasteiger partial charge on any atom is 0.269 e. The first kappa shape index (κ1) is 12.1. The third kappa shape index (κ3) is 1.95. The fourth-order valence-corrected chi connectivity index (χ4v) is 1.94. The van der Waals surface area contributed by atoms with Gasteiger partial charge < -0.3 is 9.73 Å². The number of non-ortho nitro benzene ring substituents is 1. The molecule has 0 radical (unpaired) electrons. The van der Waals surface area contributed by atoms with Gasteiger partial charge in [0.15, 0.2) is 0 Å². The highest BCUT2D eigenvalue weighted by atomic mass is 16.6. The van der Waals surface area contributed by atoms with Crippen molar-refractivity contribution >= 4 is 22.6 Å². The maximum absolute atomic E-state index is 10.6. The van der Waals surface area contributed by atoms with Crippen LogP contribution in [0.4, 0.5) is 11.5 Å². The van der Waals surface area contributed by atoms with Crippen molar-refractivity contribution in [1.82, 2.24) is 9.97 Å². The van der Waals surface area contributed by atoms with Crippen LogP contribution in [-0.2, 0) is 0 Å². The number of nitrogens with zero attached hydrogens (tertiary/aromatic N) is 3. The Morgan fingerprint density at radius 3 is 2.65 bits per heavy atom. The van der Waals surface area contributed by atoms with Gasteiger partial charge in [0.25, 0.3) is 5.69 Å². The highest BCUT2D eigenvalue weighted by Gasteiger charge is 2.12. The summed E-state index contributed by atoms with van der Waals surface area (Å²) >= 11 is 0. The minimum atomic E-state index is -0.438. The van der Waals surface area contributed by atoms with Gasteiger partial charge >= 0.3 is 0 Å². The molecule has 100 valence electrons. The third-order valence-corrected chi connectivity index (χ3v) is 2.93. The quantitative estimate of drug-likeness (QED) is 0.581. The summed E-state index contributed by atoms with van der Waals surface area (Å²) in [7, 11) is 1.76. The highest BCUT2D eigenvalue weighted by molar-refractivity contribution is 5.89. The van der Waals surface area contributed by atoms with Gasteiger partial charge in [-0.15, -0.1) is 0 Å². The molecule has 0 unspecified atom stereocenters. The Morgan fingerprint density at radius 2 is 2.00 bits per heavy atom. The van der Waals surface area contributed by atoms with E-state index in [2.05, 4.69) is 15.3 Å². The Labute approximate surface area is 113 Å². The van der Waals surface area contributed by atoms with E-state index in [4.69, 9.17) is 4.42 Å². The normalized spacial score (nSPS) is 10.7. The van der Waals surface area contributed by atoms with Gasteiger partial charge in [-0.2, -0.15) is 0 Å². The Bertz CT molecular complexity index is 780. The number of benzene rings is 1. The van der Waals surface area contributed by atoms with Crippen LogP contribution in [0.5, 0.6) is 0 Å². The van der Waals surface area contributed by atoms with E-state index in [1.54, 1.807) is 19.2 Å². The summed E-state index contributed by atoms with van der Waals surface area (Å²) in [5, 5.41) is 14.4. The zero-order valence-electron chi connectivity index (χ0n) is 10.5. The summed E-state index contributed by atoms with van der Waals surface area (Å²) in [6, 6.07) is 7.97. The number of rotatable bonds is 3. The number of nitro groups is 1. The second-order valence-electron chi connectivity index (χ2n) is 4.11. The van der Waals surface area contributed by atoms with Gasteiger partial charge in [0.1, 0.15) is 17.9 Å². The first-order valence-corrected chi connectivity index (χ1v) is 5.86. The van der Waals surface area contributed by atoms with Crippen LogP contribution in [0.25, 0.3) is 22.4 Å². The molecule has 3 rings (SSSR count). The standard InChI is InChI=1S/C13H10N4O3/c1-14-12-10-6-11(20-13(10)16-7-15-12)8-2-4-9(5-3-8)17(18)19/h2-7H,1H3,(H,14,15,16). The van der Waals surface area contributed by atoms with Gasteiger partial charge in [0.2, 0.25) is 5.71 Å². The number of fused-ring (bicyclic) bond motifs is 1. The lowest BCUT2D eigenvalue weighted by atomic mass is 10.1. The van der Waals surface area contributed by atoms with Gasteiger partial charge in [-0.1, -0.05) is 0 Å². The molecule has 0 spiro atoms. The summed E-state index contributed by atoms with van der Waals surface area (Å²) in [6.45, 7) is 0. The molecule has 0 aliphatic carbocycles. The number of nitrogens with one attached hydrogen (secondary N) is 1. The number of aromatic nitrogens is 2. The second-order valence-corrected chi connectivity index (χ2v) is 4.11. The predicted octanol–water partition coefficient (Wildman–Crippen LogP) is 2.84. The molecule has 0 saturated heterocycles. The smallest absolute Gasteiger partial charge is 0.269 e. The van der Waals surface area contributed by atoms with Crippen LogP contribution in [0.1, 0.15) is 0 Å². The molecule has 0 saturated carbocycles. The number of anilines is 1. The van der Waals surface area contributed by atoms with Crippen LogP contribution in [0, 0.1) is 10.1 Å². The molecule has 7 heteroatoms. The zero-order chi connectivity index (χ0) is 14.1. The van der Waals surface area contributed by atoms with Crippen LogP contribution in [-0.4, -0.2) is 21.9 Å². The van der Waals surface area contributed by atoms with E-state index in [0.29, 0.717) is 17.3 Å². The SMILES string of the molecule is CNc1ncnc2oc(-c3ccc([N+](=O)[O-])cc3)cc12. The van der Waals surface area contributed by atoms with E-state index >= 15 is 0 Å². The van der Waals surface area contributed by atoms with Crippen LogP contribution in [0.15, 0.2) is 41.1 Å². The molecule has 2 aromatic heterocycles. The van der Waals surface area contributed by atoms with Gasteiger partial charge in [-0.25, -0.2) is 9.97 Å². The lowest BCUT2D eigenvalue weighted by molar-refractivity contribution is -0.384. The molecule has 1 aromatic carbocycles. The number of hydrogen-bond acceptors (Lipinski definition) is 6. The lowest BCUT2D eigenvalue weighted by Gasteiger charge is -1.96. The van der Waals surface area contributed by atoms with E-state index < -0.39 is 4.92 Å². The average molecular weight is 270 g/mol. The van der Waals surface area contributed by atoms with E-state index in [0.717, 1.165) is 10.9 Å². The minimum Gasteiger partial charge on any atom is -0.438 e. The molecule has 20 heavy (non-hydrogen) atoms. The van der Waals surface area contributed by atoms with Crippen molar-refractivity contribution in [3.63, 3.8) is 0 Å². The molecule has 0 bridgehead atoms. The van der Waals surface area contributed by atoms with Gasteiger partial charge in [0, 0.05) is 24.7 Å². The molecule has 0 fully saturated rings. The van der Waals surface area contributed by atoms with Gasteiger partial charge in [-0.3, -0.25) is 10.1 Å². The summed E-state index contributed by atoms with van der Waals surface area (Å²) in [4.78, 5) is 18.3. The van der Waals surface area contributed by atoms with Crippen LogP contribution in [0.2, 0.25) is 0 Å². The monoisotopic (exact) mass is 270 g/mol. The molecular formula is C13H10N4O3. The fourth-order valence-electron chi connectivity index (χ4n) is 1.94. The van der Waals surface area contributed by atoms with Crippen molar-refractivity contribution in [2.75, 3.05) is 12.4 Å². The first-order valence-electron chi connectivity index (χ1n) is 5.86. The Balaban J connectivity index is 2.08. The van der Waals surface area contributed by atoms with Crippen molar-refractivity contribution < 1.29 is 9.34 Å². The van der Waals surface area contributed by atoms with Crippen molar-refractivity contribution in [1.29, 1.82) is 0 Å². The van der Waals surface area contributed by atoms with Crippen molar-refractivity contribution in [3.05, 3.63) is 46.8 Å². The second kappa shape index (κ2) is 4.61. The van der Waals surface area contributed by atoms with Crippen molar-refractivity contribution in [2.24, 2.45) is 0 Å². The zero-order valence-corrected chi connectivity index (χ0v) is 10.5. The molecule has 2 heterocycles. The topological polar surface area (TPSA) is 94.1 Å². The summed E-state index contributed by atoms with van der Waals surface area (Å²) < 4.78 is 5.64. The first-order chi connectivity index (χ1) is 9.69. The molecular weight excluding hydrogens is 260 g/mol.